The zero-order chi connectivity index (χ0) is 20.7. The molecule has 0 radical (unpaired) electrons. The largest absolute Gasteiger partial charge is 0.496 e. The molecule has 150 valence electrons. The average molecular weight is 390 g/mol. The van der Waals surface area contributed by atoms with Crippen molar-refractivity contribution in [3.05, 3.63) is 70.0 Å². The number of methoxy groups -OCH3 is 1. The third-order valence-electron chi connectivity index (χ3n) is 5.71. The van der Waals surface area contributed by atoms with Gasteiger partial charge in [-0.2, -0.15) is 0 Å². The van der Waals surface area contributed by atoms with Crippen molar-refractivity contribution in [3.63, 3.8) is 0 Å². The van der Waals surface area contributed by atoms with E-state index in [0.717, 1.165) is 52.1 Å². The Morgan fingerprint density at radius 1 is 1.00 bits per heavy atom. The van der Waals surface area contributed by atoms with Gasteiger partial charge >= 0.3 is 5.69 Å². The summed E-state index contributed by atoms with van der Waals surface area (Å²) < 4.78 is 10.9. The number of aryl methyl sites for hydroxylation is 6. The Morgan fingerprint density at radius 3 is 2.41 bits per heavy atom. The van der Waals surface area contributed by atoms with Gasteiger partial charge in [-0.15, -0.1) is 0 Å². The van der Waals surface area contributed by atoms with Crippen molar-refractivity contribution in [2.45, 2.75) is 26.8 Å². The van der Waals surface area contributed by atoms with Crippen LogP contribution in [0.1, 0.15) is 16.7 Å². The van der Waals surface area contributed by atoms with Crippen molar-refractivity contribution in [1.29, 1.82) is 0 Å². The first-order valence-electron chi connectivity index (χ1n) is 9.70. The van der Waals surface area contributed by atoms with Gasteiger partial charge in [0.05, 0.1) is 36.4 Å². The van der Waals surface area contributed by atoms with E-state index in [9.17, 15) is 4.79 Å². The van der Waals surface area contributed by atoms with E-state index in [-0.39, 0.29) is 5.69 Å². The standard InChI is InChI=1S/C23H26N4O2/c1-15-11-19-20(26(4)23(28)25(19)3)12-18(15)21-13-24-14-27(21)9-8-17-6-7-22(29-5)16(2)10-17/h6-7,10-14H,8-9H2,1-5H3. The Morgan fingerprint density at radius 2 is 1.72 bits per heavy atom. The molecule has 2 aromatic carbocycles. The third kappa shape index (κ3) is 3.24. The van der Waals surface area contributed by atoms with Crippen LogP contribution >= 0.6 is 0 Å². The summed E-state index contributed by atoms with van der Waals surface area (Å²) in [5, 5.41) is 0. The van der Waals surface area contributed by atoms with Crippen LogP contribution in [0.2, 0.25) is 0 Å². The zero-order valence-electron chi connectivity index (χ0n) is 17.6. The van der Waals surface area contributed by atoms with Gasteiger partial charge in [-0.1, -0.05) is 12.1 Å². The third-order valence-corrected chi connectivity index (χ3v) is 5.71. The highest BCUT2D eigenvalue weighted by Gasteiger charge is 2.14. The van der Waals surface area contributed by atoms with Crippen LogP contribution in [0.5, 0.6) is 5.75 Å². The Hall–Kier alpha value is -3.28. The molecule has 0 aliphatic heterocycles. The molecule has 0 fully saturated rings. The second kappa shape index (κ2) is 7.28. The fraction of sp³-hybridized carbons (Fsp3) is 0.304. The molecule has 29 heavy (non-hydrogen) atoms. The number of benzene rings is 2. The predicted octanol–water partition coefficient (Wildman–Crippen LogP) is 3.61. The number of hydrogen-bond acceptors (Lipinski definition) is 3. The van der Waals surface area contributed by atoms with Crippen molar-refractivity contribution < 1.29 is 4.74 Å². The summed E-state index contributed by atoms with van der Waals surface area (Å²) in [4.78, 5) is 16.7. The highest BCUT2D eigenvalue weighted by atomic mass is 16.5. The zero-order valence-corrected chi connectivity index (χ0v) is 17.6. The van der Waals surface area contributed by atoms with E-state index in [0.29, 0.717) is 0 Å². The minimum Gasteiger partial charge on any atom is -0.496 e. The van der Waals surface area contributed by atoms with E-state index >= 15 is 0 Å². The van der Waals surface area contributed by atoms with Crippen LogP contribution in [-0.4, -0.2) is 25.8 Å². The van der Waals surface area contributed by atoms with Gasteiger partial charge in [0.25, 0.3) is 0 Å². The molecule has 0 unspecified atom stereocenters. The lowest BCUT2D eigenvalue weighted by Gasteiger charge is -2.12. The average Bonchev–Trinajstić information content (AvgIpc) is 3.25. The predicted molar refractivity (Wildman–Crippen MR) is 116 cm³/mol. The van der Waals surface area contributed by atoms with Crippen molar-refractivity contribution in [3.8, 4) is 17.0 Å². The second-order valence-electron chi connectivity index (χ2n) is 7.58. The Bertz CT molecular complexity index is 1260. The van der Waals surface area contributed by atoms with E-state index in [1.807, 2.05) is 32.7 Å². The van der Waals surface area contributed by atoms with Crippen LogP contribution in [-0.2, 0) is 27.1 Å². The second-order valence-corrected chi connectivity index (χ2v) is 7.58. The molecule has 0 aliphatic carbocycles. The van der Waals surface area contributed by atoms with E-state index < -0.39 is 0 Å². The summed E-state index contributed by atoms with van der Waals surface area (Å²) in [6.07, 6.45) is 4.67. The summed E-state index contributed by atoms with van der Waals surface area (Å²) in [5.74, 6) is 0.912. The van der Waals surface area contributed by atoms with Gasteiger partial charge in [0.2, 0.25) is 0 Å². The maximum absolute atomic E-state index is 12.3. The number of aromatic nitrogens is 4. The minimum atomic E-state index is -0.0140. The van der Waals surface area contributed by atoms with Crippen LogP contribution in [0.4, 0.5) is 0 Å². The topological polar surface area (TPSA) is 54.0 Å². The van der Waals surface area contributed by atoms with Crippen LogP contribution in [0.25, 0.3) is 22.3 Å². The monoisotopic (exact) mass is 390 g/mol. The number of imidazole rings is 2. The lowest BCUT2D eigenvalue weighted by atomic mass is 10.0. The van der Waals surface area contributed by atoms with Crippen LogP contribution < -0.4 is 10.4 Å². The number of rotatable bonds is 5. The first-order valence-corrected chi connectivity index (χ1v) is 9.70. The highest BCUT2D eigenvalue weighted by molar-refractivity contribution is 5.84. The molecule has 0 N–H and O–H groups in total. The molecule has 0 spiro atoms. The first kappa shape index (κ1) is 19.1. The molecule has 0 aliphatic rings. The minimum absolute atomic E-state index is 0.0140. The Labute approximate surface area is 170 Å². The van der Waals surface area contributed by atoms with Gasteiger partial charge in [0.15, 0.2) is 0 Å². The Balaban J connectivity index is 1.67. The van der Waals surface area contributed by atoms with E-state index in [2.05, 4.69) is 47.7 Å². The van der Waals surface area contributed by atoms with Crippen molar-refractivity contribution in [2.75, 3.05) is 7.11 Å². The SMILES string of the molecule is COc1ccc(CCn2cncc2-c2cc3c(cc2C)n(C)c(=O)n3C)cc1C. The molecule has 6 heteroatoms. The van der Waals surface area contributed by atoms with Gasteiger partial charge in [-0.3, -0.25) is 9.13 Å². The molecule has 2 heterocycles. The maximum Gasteiger partial charge on any atom is 0.328 e. The number of fused-ring (bicyclic) bond motifs is 1. The molecule has 4 aromatic rings. The van der Waals surface area contributed by atoms with Crippen LogP contribution in [0.3, 0.4) is 0 Å². The summed E-state index contributed by atoms with van der Waals surface area (Å²) in [6, 6.07) is 10.5. The van der Waals surface area contributed by atoms with Gasteiger partial charge in [-0.05, 0) is 55.2 Å². The maximum atomic E-state index is 12.3. The molecule has 0 saturated heterocycles. The lowest BCUT2D eigenvalue weighted by Crippen LogP contribution is -2.19. The van der Waals surface area contributed by atoms with Gasteiger partial charge < -0.3 is 9.30 Å². The van der Waals surface area contributed by atoms with Gasteiger partial charge in [-0.25, -0.2) is 9.78 Å². The fourth-order valence-electron chi connectivity index (χ4n) is 3.99. The summed E-state index contributed by atoms with van der Waals surface area (Å²) in [6.45, 7) is 4.97. The summed E-state index contributed by atoms with van der Waals surface area (Å²) >= 11 is 0. The quantitative estimate of drug-likeness (QED) is 0.523. The van der Waals surface area contributed by atoms with Crippen LogP contribution in [0.15, 0.2) is 47.7 Å². The summed E-state index contributed by atoms with van der Waals surface area (Å²) in [5.41, 5.74) is 7.55. The fourth-order valence-corrected chi connectivity index (χ4v) is 3.99. The van der Waals surface area contributed by atoms with E-state index in [4.69, 9.17) is 4.74 Å². The molecular weight excluding hydrogens is 364 g/mol. The molecule has 0 saturated carbocycles. The molecular formula is C23H26N4O2. The number of nitrogens with zero attached hydrogens (tertiary/aromatic N) is 4. The number of ether oxygens (including phenoxy) is 1. The van der Waals surface area contributed by atoms with Crippen LogP contribution in [0, 0.1) is 13.8 Å². The molecule has 6 nitrogen and oxygen atoms in total. The smallest absolute Gasteiger partial charge is 0.328 e. The number of hydrogen-bond donors (Lipinski definition) is 0. The van der Waals surface area contributed by atoms with E-state index in [1.54, 1.807) is 16.2 Å². The molecule has 0 atom stereocenters. The van der Waals surface area contributed by atoms with Crippen molar-refractivity contribution in [2.24, 2.45) is 14.1 Å². The molecule has 2 aromatic heterocycles. The van der Waals surface area contributed by atoms with Crippen molar-refractivity contribution >= 4 is 11.0 Å². The van der Waals surface area contributed by atoms with E-state index in [1.165, 1.54) is 5.56 Å². The molecule has 0 bridgehead atoms. The normalized spacial score (nSPS) is 11.3. The van der Waals surface area contributed by atoms with Crippen molar-refractivity contribution in [1.82, 2.24) is 18.7 Å². The summed E-state index contributed by atoms with van der Waals surface area (Å²) in [7, 11) is 5.32. The first-order chi connectivity index (χ1) is 13.9. The lowest BCUT2D eigenvalue weighted by molar-refractivity contribution is 0.411. The molecule has 0 amide bonds. The molecule has 4 rings (SSSR count). The van der Waals surface area contributed by atoms with Gasteiger partial charge in [0.1, 0.15) is 5.75 Å². The Kier molecular flexibility index (Phi) is 4.78. The van der Waals surface area contributed by atoms with Gasteiger partial charge in [0, 0.05) is 26.2 Å². The highest BCUT2D eigenvalue weighted by Crippen LogP contribution is 2.28.